The first-order valence-electron chi connectivity index (χ1n) is 13.3. The number of rotatable bonds is 8. The standard InChI is InChI=1S/C22H40N8O13/c1-4-22(18(37)30-21(38)43-22)15(42-16-8(27-2)12(35)9(32)5(3-31)40-16)17(39-4)41-14-7(29-20(25)26)10(33)6(28-19(23)24)11(34)13(14)36/h4-18,27,31-37H,3H2,1-2H3,(H,30,38)(H4,23,24,28)(H4,25,26,29)/t4-,5-,6+,7-,8-,9-,10+,11-,12-,13+,14+,15-,16-,17-,18+,22?/m0/s1. The van der Waals surface area contributed by atoms with Crippen molar-refractivity contribution in [1.82, 2.24) is 10.6 Å². The summed E-state index contributed by atoms with van der Waals surface area (Å²) in [5, 5.41) is 79.4. The van der Waals surface area contributed by atoms with Gasteiger partial charge in [-0.2, -0.15) is 0 Å². The summed E-state index contributed by atoms with van der Waals surface area (Å²) in [5.74, 6) is -1.04. The van der Waals surface area contributed by atoms with Crippen molar-refractivity contribution < 1.29 is 64.2 Å². The van der Waals surface area contributed by atoms with Gasteiger partial charge in [0, 0.05) is 0 Å². The first-order chi connectivity index (χ1) is 20.2. The molecule has 0 aromatic heterocycles. The molecule has 1 saturated carbocycles. The summed E-state index contributed by atoms with van der Waals surface area (Å²) >= 11 is 0. The Bertz CT molecular complexity index is 1070. The van der Waals surface area contributed by atoms with E-state index >= 15 is 0 Å². The number of aliphatic hydroxyl groups excluding tert-OH is 7. The number of nitrogens with two attached hydrogens (primary N) is 4. The summed E-state index contributed by atoms with van der Waals surface area (Å²) < 4.78 is 29.2. The highest BCUT2D eigenvalue weighted by molar-refractivity contribution is 5.76. The van der Waals surface area contributed by atoms with Crippen molar-refractivity contribution in [3.8, 4) is 0 Å². The van der Waals surface area contributed by atoms with Gasteiger partial charge in [0.2, 0.25) is 5.60 Å². The number of ether oxygens (including phenoxy) is 5. The molecule has 4 fully saturated rings. The molecular formula is C22H40N8O13. The highest BCUT2D eigenvalue weighted by atomic mass is 16.8. The molecule has 0 aromatic rings. The van der Waals surface area contributed by atoms with Gasteiger partial charge in [0.05, 0.1) is 12.6 Å². The summed E-state index contributed by atoms with van der Waals surface area (Å²) in [6, 6.07) is -4.12. The largest absolute Gasteiger partial charge is 0.432 e. The number of likely N-dealkylation sites (N-methyl/N-ethyl adjacent to an activating group) is 1. The van der Waals surface area contributed by atoms with Gasteiger partial charge in [0.25, 0.3) is 0 Å². The quantitative estimate of drug-likeness (QED) is 0.0880. The maximum atomic E-state index is 12.3. The minimum atomic E-state index is -2.03. The van der Waals surface area contributed by atoms with Crippen LogP contribution in [0.1, 0.15) is 6.92 Å². The summed E-state index contributed by atoms with van der Waals surface area (Å²) in [6.07, 6.45) is -20.1. The third-order valence-electron chi connectivity index (χ3n) is 8.07. The molecule has 17 N–H and O–H groups in total. The second-order valence-electron chi connectivity index (χ2n) is 10.7. The Hall–Kier alpha value is -2.67. The van der Waals surface area contributed by atoms with Crippen LogP contribution in [0.4, 0.5) is 4.79 Å². The number of nitrogens with one attached hydrogen (secondary N) is 2. The lowest BCUT2D eigenvalue weighted by Gasteiger charge is -2.46. The van der Waals surface area contributed by atoms with E-state index in [1.54, 1.807) is 0 Å². The van der Waals surface area contributed by atoms with E-state index in [1.807, 2.05) is 0 Å². The van der Waals surface area contributed by atoms with Crippen molar-refractivity contribution in [1.29, 1.82) is 0 Å². The molecule has 1 spiro atoms. The summed E-state index contributed by atoms with van der Waals surface area (Å²) in [5.41, 5.74) is 19.9. The van der Waals surface area contributed by atoms with Gasteiger partial charge in [-0.25, -0.2) is 14.8 Å². The molecule has 4 rings (SSSR count). The van der Waals surface area contributed by atoms with Crippen LogP contribution in [-0.2, 0) is 23.7 Å². The Labute approximate surface area is 244 Å². The first-order valence-corrected chi connectivity index (χ1v) is 13.3. The lowest BCUT2D eigenvalue weighted by Crippen LogP contribution is -2.67. The lowest BCUT2D eigenvalue weighted by molar-refractivity contribution is -0.318. The Kier molecular flexibility index (Phi) is 9.85. The van der Waals surface area contributed by atoms with Gasteiger partial charge in [-0.15, -0.1) is 0 Å². The van der Waals surface area contributed by atoms with E-state index in [4.69, 9.17) is 46.6 Å². The molecule has 21 heteroatoms. The van der Waals surface area contributed by atoms with Gasteiger partial charge in [-0.3, -0.25) is 5.32 Å². The smallest absolute Gasteiger partial charge is 0.410 e. The maximum absolute atomic E-state index is 12.3. The predicted molar refractivity (Wildman–Crippen MR) is 140 cm³/mol. The number of alkyl carbamates (subject to hydrolysis) is 1. The molecule has 1 unspecified atom stereocenters. The Morgan fingerprint density at radius 2 is 1.53 bits per heavy atom. The number of carbonyl (C=O) groups excluding carboxylic acids is 1. The van der Waals surface area contributed by atoms with Crippen molar-refractivity contribution in [2.24, 2.45) is 32.9 Å². The fraction of sp³-hybridized carbons (Fsp3) is 0.864. The molecule has 21 nitrogen and oxygen atoms in total. The minimum absolute atomic E-state index is 0.508. The number of aliphatic hydroxyl groups is 7. The highest BCUT2D eigenvalue weighted by Crippen LogP contribution is 2.44. The Balaban J connectivity index is 1.72. The molecule has 0 radical (unpaired) electrons. The van der Waals surface area contributed by atoms with Crippen LogP contribution >= 0.6 is 0 Å². The van der Waals surface area contributed by atoms with Gasteiger partial charge in [-0.1, -0.05) is 0 Å². The predicted octanol–water partition coefficient (Wildman–Crippen LogP) is -8.29. The minimum Gasteiger partial charge on any atom is -0.432 e. The third kappa shape index (κ3) is 5.91. The summed E-state index contributed by atoms with van der Waals surface area (Å²) in [4.78, 5) is 20.0. The van der Waals surface area contributed by atoms with E-state index < -0.39 is 122 Å². The zero-order valence-corrected chi connectivity index (χ0v) is 23.2. The van der Waals surface area contributed by atoms with Gasteiger partial charge in [-0.05, 0) is 14.0 Å². The van der Waals surface area contributed by atoms with Crippen molar-refractivity contribution in [2.75, 3.05) is 13.7 Å². The zero-order chi connectivity index (χ0) is 32.0. The van der Waals surface area contributed by atoms with Gasteiger partial charge in [0.15, 0.2) is 36.8 Å². The van der Waals surface area contributed by atoms with Crippen molar-refractivity contribution in [2.45, 2.75) is 104 Å². The molecule has 1 aliphatic carbocycles. The third-order valence-corrected chi connectivity index (χ3v) is 8.07. The second kappa shape index (κ2) is 12.7. The zero-order valence-electron chi connectivity index (χ0n) is 23.2. The number of hydrogen-bond donors (Lipinski definition) is 13. The van der Waals surface area contributed by atoms with E-state index in [0.29, 0.717) is 0 Å². The number of hydrogen-bond acceptors (Lipinski definition) is 16. The molecule has 3 aliphatic heterocycles. The van der Waals surface area contributed by atoms with Crippen molar-refractivity contribution >= 4 is 18.0 Å². The monoisotopic (exact) mass is 624 g/mol. The van der Waals surface area contributed by atoms with Crippen LogP contribution in [0.3, 0.4) is 0 Å². The molecule has 16 atom stereocenters. The molecular weight excluding hydrogens is 584 g/mol. The van der Waals surface area contributed by atoms with E-state index in [1.165, 1.54) is 14.0 Å². The molecule has 3 saturated heterocycles. The van der Waals surface area contributed by atoms with Crippen LogP contribution < -0.4 is 33.6 Å². The van der Waals surface area contributed by atoms with E-state index in [9.17, 15) is 40.5 Å². The molecule has 0 bridgehead atoms. The van der Waals surface area contributed by atoms with E-state index in [-0.39, 0.29) is 0 Å². The molecule has 43 heavy (non-hydrogen) atoms. The van der Waals surface area contributed by atoms with Crippen molar-refractivity contribution in [3.05, 3.63) is 0 Å². The number of carbonyl (C=O) groups is 1. The summed E-state index contributed by atoms with van der Waals surface area (Å²) in [7, 11) is 1.43. The average molecular weight is 625 g/mol. The van der Waals surface area contributed by atoms with Crippen LogP contribution in [0, 0.1) is 0 Å². The fourth-order valence-electron chi connectivity index (χ4n) is 5.90. The van der Waals surface area contributed by atoms with Crippen LogP contribution in [-0.4, -0.2) is 165 Å². The number of aliphatic imine (C=N–C) groups is 2. The maximum Gasteiger partial charge on any atom is 0.410 e. The van der Waals surface area contributed by atoms with Crippen LogP contribution in [0.15, 0.2) is 9.98 Å². The van der Waals surface area contributed by atoms with Crippen LogP contribution in [0.25, 0.3) is 0 Å². The van der Waals surface area contributed by atoms with E-state index in [0.717, 1.165) is 0 Å². The van der Waals surface area contributed by atoms with Gasteiger partial charge < -0.3 is 87.7 Å². The molecule has 4 aliphatic rings. The van der Waals surface area contributed by atoms with Gasteiger partial charge >= 0.3 is 6.09 Å². The topological polar surface area (TPSA) is 358 Å². The number of nitrogens with zero attached hydrogens (tertiary/aromatic N) is 2. The number of guanidine groups is 2. The van der Waals surface area contributed by atoms with Gasteiger partial charge in [0.1, 0.15) is 60.9 Å². The Morgan fingerprint density at radius 1 is 0.907 bits per heavy atom. The van der Waals surface area contributed by atoms with Crippen LogP contribution in [0.5, 0.6) is 0 Å². The molecule has 0 aromatic carbocycles. The molecule has 1 amide bonds. The Morgan fingerprint density at radius 3 is 2.07 bits per heavy atom. The number of amides is 1. The summed E-state index contributed by atoms with van der Waals surface area (Å²) in [6.45, 7) is 0.705. The highest BCUT2D eigenvalue weighted by Gasteiger charge is 2.69. The molecule has 246 valence electrons. The van der Waals surface area contributed by atoms with Crippen LogP contribution in [0.2, 0.25) is 0 Å². The van der Waals surface area contributed by atoms with E-state index in [2.05, 4.69) is 20.6 Å². The average Bonchev–Trinajstić information content (AvgIpc) is 3.38. The lowest BCUT2D eigenvalue weighted by atomic mass is 9.81. The fourth-order valence-corrected chi connectivity index (χ4v) is 5.90. The van der Waals surface area contributed by atoms with Crippen molar-refractivity contribution in [3.63, 3.8) is 0 Å². The second-order valence-corrected chi connectivity index (χ2v) is 10.7. The SMILES string of the molecule is CN[C@@H]1[C@H](O[C@H]2[C@H](O[C@H]3[C@H](O)[C@@H](O)[C@H](N=C(N)N)[C@@H](O)[C@@H]3N=C(N)N)O[C@@H](C)C23OC(=O)N[C@@H]3O)O[C@@H](CO)[C@H](O)[C@H]1O. The first kappa shape index (κ1) is 33.2. The molecule has 3 heterocycles. The normalized spacial score (nSPS) is 48.0.